The lowest BCUT2D eigenvalue weighted by Gasteiger charge is -2.38. The second kappa shape index (κ2) is 4.28. The molecule has 0 aromatic rings. The molecular formula is C10H20O4. The number of hydrogen-bond acceptors (Lipinski definition) is 4. The van der Waals surface area contributed by atoms with Crippen LogP contribution in [0.4, 0.5) is 0 Å². The van der Waals surface area contributed by atoms with Gasteiger partial charge in [-0.1, -0.05) is 0 Å². The van der Waals surface area contributed by atoms with Crippen LogP contribution in [0, 0.1) is 0 Å². The number of rotatable bonds is 4. The third-order valence-electron chi connectivity index (χ3n) is 2.29. The molecule has 1 N–H and O–H groups in total. The molecule has 0 aromatic carbocycles. The van der Waals surface area contributed by atoms with Crippen molar-refractivity contribution >= 4 is 5.97 Å². The summed E-state index contributed by atoms with van der Waals surface area (Å²) in [6.45, 7) is 8.39. The first-order valence-corrected chi connectivity index (χ1v) is 4.63. The smallest absolute Gasteiger partial charge is 0.340 e. The van der Waals surface area contributed by atoms with Crippen LogP contribution in [0.15, 0.2) is 0 Å². The second-order valence-corrected chi connectivity index (χ2v) is 4.24. The quantitative estimate of drug-likeness (QED) is 0.697. The molecule has 0 unspecified atom stereocenters. The number of carbonyl (C=O) groups excluding carboxylic acids is 1. The maximum absolute atomic E-state index is 11.3. The highest BCUT2D eigenvalue weighted by Gasteiger charge is 2.48. The predicted molar refractivity (Wildman–Crippen MR) is 52.9 cm³/mol. The van der Waals surface area contributed by atoms with Crippen molar-refractivity contribution in [1.82, 2.24) is 0 Å². The fourth-order valence-corrected chi connectivity index (χ4v) is 1.15. The van der Waals surface area contributed by atoms with Crippen molar-refractivity contribution < 1.29 is 19.4 Å². The lowest BCUT2D eigenvalue weighted by atomic mass is 9.87. The van der Waals surface area contributed by atoms with Crippen molar-refractivity contribution in [2.24, 2.45) is 0 Å². The number of methoxy groups -OCH3 is 1. The van der Waals surface area contributed by atoms with Crippen molar-refractivity contribution in [2.45, 2.75) is 51.9 Å². The molecule has 84 valence electrons. The van der Waals surface area contributed by atoms with E-state index in [9.17, 15) is 9.90 Å². The summed E-state index contributed by atoms with van der Waals surface area (Å²) in [6.07, 6.45) is -0.0684. The zero-order chi connectivity index (χ0) is 11.6. The van der Waals surface area contributed by atoms with Gasteiger partial charge in [-0.2, -0.15) is 0 Å². The Bertz CT molecular complexity index is 206. The average Bonchev–Trinajstić information content (AvgIpc) is 2.00. The highest BCUT2D eigenvalue weighted by Crippen LogP contribution is 2.28. The summed E-state index contributed by atoms with van der Waals surface area (Å²) in [5.41, 5.74) is -2.62. The van der Waals surface area contributed by atoms with E-state index in [1.807, 2.05) is 13.8 Å². The van der Waals surface area contributed by atoms with Gasteiger partial charge in [0, 0.05) is 0 Å². The number of aliphatic hydroxyl groups is 1. The monoisotopic (exact) mass is 204 g/mol. The number of carbonyl (C=O) groups is 1. The van der Waals surface area contributed by atoms with E-state index in [1.54, 1.807) is 13.8 Å². The van der Waals surface area contributed by atoms with Crippen molar-refractivity contribution in [1.29, 1.82) is 0 Å². The predicted octanol–water partition coefficient (Wildman–Crippen LogP) is 1.11. The van der Waals surface area contributed by atoms with Gasteiger partial charge in [0.1, 0.15) is 5.60 Å². The summed E-state index contributed by atoms with van der Waals surface area (Å²) in [6, 6.07) is 0. The molecule has 0 aromatic heterocycles. The van der Waals surface area contributed by atoms with Crippen LogP contribution < -0.4 is 0 Å². The van der Waals surface area contributed by atoms with Gasteiger partial charge in [-0.3, -0.25) is 0 Å². The van der Waals surface area contributed by atoms with Crippen LogP contribution in [-0.2, 0) is 14.3 Å². The van der Waals surface area contributed by atoms with Crippen molar-refractivity contribution in [3.05, 3.63) is 0 Å². The summed E-state index contributed by atoms with van der Waals surface area (Å²) in [7, 11) is 1.24. The number of esters is 1. The third-order valence-corrected chi connectivity index (χ3v) is 2.29. The molecule has 0 amide bonds. The molecule has 4 nitrogen and oxygen atoms in total. The Morgan fingerprint density at radius 1 is 1.29 bits per heavy atom. The molecule has 0 heterocycles. The van der Waals surface area contributed by atoms with Gasteiger partial charge in [-0.05, 0) is 34.6 Å². The van der Waals surface area contributed by atoms with E-state index in [-0.39, 0.29) is 6.10 Å². The molecule has 0 aliphatic heterocycles. The molecule has 0 aliphatic carbocycles. The van der Waals surface area contributed by atoms with E-state index in [0.717, 1.165) is 0 Å². The fraction of sp³-hybridized carbons (Fsp3) is 0.900. The maximum Gasteiger partial charge on any atom is 0.340 e. The van der Waals surface area contributed by atoms with Gasteiger partial charge in [0.05, 0.1) is 13.2 Å². The molecule has 0 bridgehead atoms. The fourth-order valence-electron chi connectivity index (χ4n) is 1.15. The first kappa shape index (κ1) is 13.4. The molecule has 0 aliphatic rings. The van der Waals surface area contributed by atoms with E-state index >= 15 is 0 Å². The summed E-state index contributed by atoms with van der Waals surface area (Å²) in [5.74, 6) is -0.692. The van der Waals surface area contributed by atoms with Gasteiger partial charge in [-0.15, -0.1) is 0 Å². The standard InChI is InChI=1S/C10H20O4/c1-7(2)14-9(3,4)10(5,12)8(11)13-6/h7,12H,1-6H3/t10-/m0/s1. The van der Waals surface area contributed by atoms with E-state index in [1.165, 1.54) is 14.0 Å². The minimum atomic E-state index is -1.65. The van der Waals surface area contributed by atoms with Crippen molar-refractivity contribution in [2.75, 3.05) is 7.11 Å². The minimum absolute atomic E-state index is 0.0684. The van der Waals surface area contributed by atoms with Gasteiger partial charge in [0.15, 0.2) is 5.60 Å². The van der Waals surface area contributed by atoms with Crippen LogP contribution >= 0.6 is 0 Å². The second-order valence-electron chi connectivity index (χ2n) is 4.24. The highest BCUT2D eigenvalue weighted by atomic mass is 16.6. The lowest BCUT2D eigenvalue weighted by molar-refractivity contribution is -0.203. The van der Waals surface area contributed by atoms with Crippen LogP contribution in [0.3, 0.4) is 0 Å². The normalized spacial score (nSPS) is 16.6. The molecular weight excluding hydrogens is 184 g/mol. The van der Waals surface area contributed by atoms with Gasteiger partial charge < -0.3 is 14.6 Å². The maximum atomic E-state index is 11.3. The number of hydrogen-bond donors (Lipinski definition) is 1. The Kier molecular flexibility index (Phi) is 4.09. The molecule has 1 atom stereocenters. The zero-order valence-corrected chi connectivity index (χ0v) is 9.75. The highest BCUT2D eigenvalue weighted by molar-refractivity contribution is 5.80. The van der Waals surface area contributed by atoms with Crippen LogP contribution in [-0.4, -0.2) is 35.5 Å². The van der Waals surface area contributed by atoms with Crippen LogP contribution in [0.1, 0.15) is 34.6 Å². The van der Waals surface area contributed by atoms with Crippen LogP contribution in [0.25, 0.3) is 0 Å². The Morgan fingerprint density at radius 3 is 2.00 bits per heavy atom. The van der Waals surface area contributed by atoms with Gasteiger partial charge in [0.2, 0.25) is 0 Å². The largest absolute Gasteiger partial charge is 0.467 e. The molecule has 0 saturated carbocycles. The molecule has 0 rings (SSSR count). The van der Waals surface area contributed by atoms with Gasteiger partial charge in [0.25, 0.3) is 0 Å². The minimum Gasteiger partial charge on any atom is -0.467 e. The van der Waals surface area contributed by atoms with Crippen LogP contribution in [0.2, 0.25) is 0 Å². The van der Waals surface area contributed by atoms with Crippen LogP contribution in [0.5, 0.6) is 0 Å². The third kappa shape index (κ3) is 2.69. The molecule has 0 saturated heterocycles. The molecule has 0 spiro atoms. The van der Waals surface area contributed by atoms with E-state index in [0.29, 0.717) is 0 Å². The summed E-state index contributed by atoms with van der Waals surface area (Å²) < 4.78 is 9.99. The summed E-state index contributed by atoms with van der Waals surface area (Å²) in [5, 5.41) is 9.96. The Morgan fingerprint density at radius 2 is 1.71 bits per heavy atom. The molecule has 14 heavy (non-hydrogen) atoms. The molecule has 4 heteroatoms. The van der Waals surface area contributed by atoms with E-state index < -0.39 is 17.2 Å². The van der Waals surface area contributed by atoms with Crippen molar-refractivity contribution in [3.8, 4) is 0 Å². The summed E-state index contributed by atoms with van der Waals surface area (Å²) >= 11 is 0. The lowest BCUT2D eigenvalue weighted by Crippen LogP contribution is -2.56. The van der Waals surface area contributed by atoms with Crippen molar-refractivity contribution in [3.63, 3.8) is 0 Å². The molecule has 0 radical (unpaired) electrons. The first-order chi connectivity index (χ1) is 6.15. The zero-order valence-electron chi connectivity index (χ0n) is 9.75. The first-order valence-electron chi connectivity index (χ1n) is 4.63. The Hall–Kier alpha value is -0.610. The van der Waals surface area contributed by atoms with E-state index in [2.05, 4.69) is 4.74 Å². The molecule has 0 fully saturated rings. The average molecular weight is 204 g/mol. The number of ether oxygens (including phenoxy) is 2. The van der Waals surface area contributed by atoms with Gasteiger partial charge >= 0.3 is 5.97 Å². The SMILES string of the molecule is COC(=O)[C@](C)(O)C(C)(C)OC(C)C. The topological polar surface area (TPSA) is 55.8 Å². The summed E-state index contributed by atoms with van der Waals surface area (Å²) in [4.78, 5) is 11.3. The van der Waals surface area contributed by atoms with Gasteiger partial charge in [-0.25, -0.2) is 4.79 Å². The Balaban J connectivity index is 4.77. The van der Waals surface area contributed by atoms with E-state index in [4.69, 9.17) is 4.74 Å². The Labute approximate surface area is 85.2 Å².